The van der Waals surface area contributed by atoms with Crippen molar-refractivity contribution in [3.8, 4) is 11.5 Å². The average Bonchev–Trinajstić information content (AvgIpc) is 2.92. The Balaban J connectivity index is 1.82. The Kier molecular flexibility index (Phi) is 2.44. The van der Waals surface area contributed by atoms with Gasteiger partial charge in [0.15, 0.2) is 11.5 Å². The molecule has 3 nitrogen and oxygen atoms in total. The highest BCUT2D eigenvalue weighted by Gasteiger charge is 2.15. The fourth-order valence-electron chi connectivity index (χ4n) is 2.78. The van der Waals surface area contributed by atoms with Gasteiger partial charge in [0.05, 0.1) is 5.69 Å². The molecule has 0 radical (unpaired) electrons. The van der Waals surface area contributed by atoms with Crippen LogP contribution in [0.4, 0.5) is 0 Å². The van der Waals surface area contributed by atoms with Crippen molar-refractivity contribution in [1.82, 2.24) is 4.98 Å². The fourth-order valence-corrected chi connectivity index (χ4v) is 2.78. The van der Waals surface area contributed by atoms with Gasteiger partial charge < -0.3 is 9.47 Å². The van der Waals surface area contributed by atoms with Crippen LogP contribution in [0, 0.1) is 0 Å². The topological polar surface area (TPSA) is 31.4 Å². The van der Waals surface area contributed by atoms with Crippen molar-refractivity contribution in [2.75, 3.05) is 6.79 Å². The number of allylic oxidation sites excluding steroid dienone is 2. The zero-order valence-electron chi connectivity index (χ0n) is 10.7. The van der Waals surface area contributed by atoms with Crippen LogP contribution in [0.3, 0.4) is 0 Å². The number of fused-ring (bicyclic) bond motifs is 2. The monoisotopic (exact) mass is 253 g/mol. The third kappa shape index (κ3) is 1.86. The van der Waals surface area contributed by atoms with Crippen LogP contribution in [0.25, 0.3) is 16.3 Å². The highest BCUT2D eigenvalue weighted by atomic mass is 16.7. The lowest BCUT2D eigenvalue weighted by Crippen LogP contribution is -1.94. The zero-order valence-corrected chi connectivity index (χ0v) is 10.7. The highest BCUT2D eigenvalue weighted by Crippen LogP contribution is 2.36. The average molecular weight is 253 g/mol. The van der Waals surface area contributed by atoms with Gasteiger partial charge in [0.25, 0.3) is 0 Å². The van der Waals surface area contributed by atoms with Crippen LogP contribution in [0.15, 0.2) is 30.5 Å². The van der Waals surface area contributed by atoms with Gasteiger partial charge in [-0.1, -0.05) is 6.08 Å². The third-order valence-corrected chi connectivity index (χ3v) is 3.83. The summed E-state index contributed by atoms with van der Waals surface area (Å²) in [7, 11) is 0. The molecule has 1 aromatic carbocycles. The second-order valence-electron chi connectivity index (χ2n) is 5.10. The number of rotatable bonds is 1. The predicted octanol–water partition coefficient (Wildman–Crippen LogP) is 3.92. The largest absolute Gasteiger partial charge is 0.454 e. The first-order valence-corrected chi connectivity index (χ1v) is 6.79. The number of nitrogens with zero attached hydrogens (tertiary/aromatic N) is 1. The zero-order chi connectivity index (χ0) is 12.7. The summed E-state index contributed by atoms with van der Waals surface area (Å²) in [6, 6.07) is 6.21. The number of hydrogen-bond donors (Lipinski definition) is 0. The van der Waals surface area contributed by atoms with E-state index in [9.17, 15) is 0 Å². The first kappa shape index (κ1) is 10.9. The van der Waals surface area contributed by atoms with E-state index in [1.54, 1.807) is 0 Å². The molecule has 0 amide bonds. The summed E-state index contributed by atoms with van der Waals surface area (Å²) in [6.45, 7) is 0.317. The standard InChI is InChI=1S/C16H15NO2/c1-2-4-11(5-3-1)14-6-12-7-15-16(19-10-18-15)8-13(12)9-17-14/h4,6-9H,1-3,5,10H2. The molecular formula is C16H15NO2. The van der Waals surface area contributed by atoms with Crippen molar-refractivity contribution in [3.63, 3.8) is 0 Å². The van der Waals surface area contributed by atoms with E-state index in [1.165, 1.54) is 30.2 Å². The summed E-state index contributed by atoms with van der Waals surface area (Å²) >= 11 is 0. The first-order chi connectivity index (χ1) is 9.40. The van der Waals surface area contributed by atoms with Crippen LogP contribution < -0.4 is 9.47 Å². The lowest BCUT2D eigenvalue weighted by molar-refractivity contribution is 0.174. The molecule has 0 atom stereocenters. The maximum Gasteiger partial charge on any atom is 0.231 e. The molecule has 0 N–H and O–H groups in total. The Morgan fingerprint density at radius 2 is 1.79 bits per heavy atom. The van der Waals surface area contributed by atoms with Crippen molar-refractivity contribution in [2.24, 2.45) is 0 Å². The summed E-state index contributed by atoms with van der Waals surface area (Å²) < 4.78 is 10.8. The van der Waals surface area contributed by atoms with E-state index in [-0.39, 0.29) is 0 Å². The molecule has 0 saturated carbocycles. The number of pyridine rings is 1. The molecule has 0 bridgehead atoms. The number of benzene rings is 1. The smallest absolute Gasteiger partial charge is 0.231 e. The predicted molar refractivity (Wildman–Crippen MR) is 74.3 cm³/mol. The molecule has 0 spiro atoms. The van der Waals surface area contributed by atoms with Crippen LogP contribution in [-0.2, 0) is 0 Å². The van der Waals surface area contributed by atoms with Gasteiger partial charge >= 0.3 is 0 Å². The van der Waals surface area contributed by atoms with Crippen LogP contribution in [-0.4, -0.2) is 11.8 Å². The molecule has 4 rings (SSSR count). The summed E-state index contributed by atoms with van der Waals surface area (Å²) in [5.41, 5.74) is 2.48. The summed E-state index contributed by atoms with van der Waals surface area (Å²) in [5, 5.41) is 2.27. The van der Waals surface area contributed by atoms with Gasteiger partial charge in [-0.05, 0) is 54.8 Å². The van der Waals surface area contributed by atoms with Crippen molar-refractivity contribution >= 4 is 16.3 Å². The Labute approximate surface area is 111 Å². The van der Waals surface area contributed by atoms with Crippen molar-refractivity contribution < 1.29 is 9.47 Å². The van der Waals surface area contributed by atoms with Gasteiger partial charge in [-0.2, -0.15) is 0 Å². The molecule has 96 valence electrons. The summed E-state index contributed by atoms with van der Waals surface area (Å²) in [5.74, 6) is 1.65. The molecule has 2 aromatic rings. The summed E-state index contributed by atoms with van der Waals surface area (Å²) in [6.07, 6.45) is 9.15. The van der Waals surface area contributed by atoms with Crippen molar-refractivity contribution in [2.45, 2.75) is 25.7 Å². The summed E-state index contributed by atoms with van der Waals surface area (Å²) in [4.78, 5) is 4.59. The molecule has 2 aliphatic rings. The molecule has 0 unspecified atom stereocenters. The lowest BCUT2D eigenvalue weighted by Gasteiger charge is -2.12. The molecule has 1 aromatic heterocycles. The molecular weight excluding hydrogens is 238 g/mol. The van der Waals surface area contributed by atoms with E-state index in [0.717, 1.165) is 29.0 Å². The van der Waals surface area contributed by atoms with Crippen molar-refractivity contribution in [3.05, 3.63) is 36.2 Å². The van der Waals surface area contributed by atoms with Crippen LogP contribution in [0.1, 0.15) is 31.4 Å². The molecule has 2 heterocycles. The molecule has 0 saturated heterocycles. The fraction of sp³-hybridized carbons (Fsp3) is 0.312. The van der Waals surface area contributed by atoms with Gasteiger partial charge in [0.1, 0.15) is 0 Å². The van der Waals surface area contributed by atoms with Crippen LogP contribution >= 0.6 is 0 Å². The Hall–Kier alpha value is -2.03. The number of ether oxygens (including phenoxy) is 2. The van der Waals surface area contributed by atoms with E-state index in [0.29, 0.717) is 6.79 Å². The number of hydrogen-bond acceptors (Lipinski definition) is 3. The van der Waals surface area contributed by atoms with Crippen LogP contribution in [0.5, 0.6) is 11.5 Å². The van der Waals surface area contributed by atoms with E-state index >= 15 is 0 Å². The molecule has 1 aliphatic carbocycles. The number of aromatic nitrogens is 1. The lowest BCUT2D eigenvalue weighted by atomic mass is 9.96. The van der Waals surface area contributed by atoms with E-state index < -0.39 is 0 Å². The normalized spacial score (nSPS) is 17.6. The molecule has 1 aliphatic heterocycles. The highest BCUT2D eigenvalue weighted by molar-refractivity contribution is 5.87. The molecule has 3 heteroatoms. The van der Waals surface area contributed by atoms with Gasteiger partial charge in [0.2, 0.25) is 6.79 Å². The third-order valence-electron chi connectivity index (χ3n) is 3.83. The van der Waals surface area contributed by atoms with Crippen molar-refractivity contribution in [1.29, 1.82) is 0 Å². The van der Waals surface area contributed by atoms with Crippen LogP contribution in [0.2, 0.25) is 0 Å². The minimum absolute atomic E-state index is 0.317. The second-order valence-corrected chi connectivity index (χ2v) is 5.10. The van der Waals surface area contributed by atoms with E-state index in [4.69, 9.17) is 9.47 Å². The quantitative estimate of drug-likeness (QED) is 0.771. The molecule has 0 fully saturated rings. The minimum Gasteiger partial charge on any atom is -0.454 e. The van der Waals surface area contributed by atoms with Gasteiger partial charge in [-0.25, -0.2) is 0 Å². The van der Waals surface area contributed by atoms with E-state index in [2.05, 4.69) is 17.1 Å². The molecule has 19 heavy (non-hydrogen) atoms. The SMILES string of the molecule is C1=C(c2cc3cc4c(cc3cn2)OCO4)CCCC1. The minimum atomic E-state index is 0.317. The van der Waals surface area contributed by atoms with Gasteiger partial charge in [-0.15, -0.1) is 0 Å². The van der Waals surface area contributed by atoms with Gasteiger partial charge in [-0.3, -0.25) is 4.98 Å². The second kappa shape index (κ2) is 4.26. The Morgan fingerprint density at radius 1 is 0.947 bits per heavy atom. The van der Waals surface area contributed by atoms with Gasteiger partial charge in [0, 0.05) is 11.6 Å². The first-order valence-electron chi connectivity index (χ1n) is 6.79. The maximum atomic E-state index is 5.43. The van der Waals surface area contributed by atoms with E-state index in [1.807, 2.05) is 18.3 Å². The Morgan fingerprint density at radius 3 is 2.58 bits per heavy atom. The maximum absolute atomic E-state index is 5.43. The Bertz CT molecular complexity index is 676.